The molecule has 0 aliphatic heterocycles. The van der Waals surface area contributed by atoms with E-state index in [1.54, 1.807) is 18.5 Å². The third-order valence-corrected chi connectivity index (χ3v) is 2.45. The van der Waals surface area contributed by atoms with Crippen LogP contribution in [0.4, 0.5) is 4.39 Å². The first-order valence-electron chi connectivity index (χ1n) is 4.88. The van der Waals surface area contributed by atoms with Crippen molar-refractivity contribution in [1.82, 2.24) is 15.2 Å². The van der Waals surface area contributed by atoms with E-state index < -0.39 is 0 Å². The van der Waals surface area contributed by atoms with Crippen LogP contribution >= 0.6 is 0 Å². The van der Waals surface area contributed by atoms with Crippen LogP contribution in [0, 0.1) is 5.82 Å². The minimum Gasteiger partial charge on any atom is -0.285 e. The van der Waals surface area contributed by atoms with Crippen LogP contribution in [-0.4, -0.2) is 15.2 Å². The molecule has 0 aliphatic rings. The van der Waals surface area contributed by atoms with E-state index in [2.05, 4.69) is 15.2 Å². The number of aromatic nitrogens is 3. The molecule has 0 saturated carbocycles. The van der Waals surface area contributed by atoms with Gasteiger partial charge < -0.3 is 0 Å². The number of benzene rings is 1. The van der Waals surface area contributed by atoms with E-state index >= 15 is 0 Å². The minimum atomic E-state index is -0.245. The quantitative estimate of drug-likeness (QED) is 0.675. The summed E-state index contributed by atoms with van der Waals surface area (Å²) in [4.78, 5) is 4.43. The summed E-state index contributed by atoms with van der Waals surface area (Å²) in [6.45, 7) is 0. The second kappa shape index (κ2) is 3.41. The van der Waals surface area contributed by atoms with Crippen LogP contribution in [0.5, 0.6) is 0 Å². The van der Waals surface area contributed by atoms with Crippen molar-refractivity contribution in [2.45, 2.75) is 0 Å². The molecule has 0 aliphatic carbocycles. The summed E-state index contributed by atoms with van der Waals surface area (Å²) in [5.74, 6) is -0.245. The number of H-pyrrole nitrogens is 1. The summed E-state index contributed by atoms with van der Waals surface area (Å²) in [5, 5.41) is 7.40. The Morgan fingerprint density at radius 2 is 2.06 bits per heavy atom. The van der Waals surface area contributed by atoms with Crippen LogP contribution < -0.4 is 0 Å². The Bertz CT molecular complexity index is 632. The zero-order chi connectivity index (χ0) is 11.0. The molecule has 2 heterocycles. The second-order valence-electron chi connectivity index (χ2n) is 3.52. The normalized spacial score (nSPS) is 10.8. The van der Waals surface area contributed by atoms with E-state index in [-0.39, 0.29) is 5.82 Å². The monoisotopic (exact) mass is 213 g/mol. The van der Waals surface area contributed by atoms with Crippen molar-refractivity contribution in [1.29, 1.82) is 0 Å². The maximum Gasteiger partial charge on any atom is 0.123 e. The highest BCUT2D eigenvalue weighted by Crippen LogP contribution is 2.20. The van der Waals surface area contributed by atoms with Crippen LogP contribution in [0.15, 0.2) is 42.7 Å². The van der Waals surface area contributed by atoms with Gasteiger partial charge in [-0.25, -0.2) is 9.37 Å². The molecular weight excluding hydrogens is 205 g/mol. The number of nitrogens with zero attached hydrogens (tertiary/aromatic N) is 2. The lowest BCUT2D eigenvalue weighted by Crippen LogP contribution is -1.84. The number of fused-ring (bicyclic) bond motifs is 1. The zero-order valence-corrected chi connectivity index (χ0v) is 8.31. The molecule has 0 amide bonds. The molecule has 0 radical (unpaired) electrons. The Kier molecular flexibility index (Phi) is 1.93. The third-order valence-electron chi connectivity index (χ3n) is 2.45. The molecule has 3 rings (SSSR count). The van der Waals surface area contributed by atoms with Crippen LogP contribution in [-0.2, 0) is 0 Å². The van der Waals surface area contributed by atoms with E-state index in [0.717, 1.165) is 22.2 Å². The minimum absolute atomic E-state index is 0.245. The first kappa shape index (κ1) is 9.03. The molecule has 78 valence electrons. The Labute approximate surface area is 91.0 Å². The number of halogens is 1. The first-order valence-corrected chi connectivity index (χ1v) is 4.88. The average Bonchev–Trinajstić information content (AvgIpc) is 2.82. The zero-order valence-electron chi connectivity index (χ0n) is 8.31. The van der Waals surface area contributed by atoms with Gasteiger partial charge in [-0.15, -0.1) is 0 Å². The van der Waals surface area contributed by atoms with Crippen LogP contribution in [0.3, 0.4) is 0 Å². The summed E-state index contributed by atoms with van der Waals surface area (Å²) >= 11 is 0. The molecule has 0 fully saturated rings. The average molecular weight is 213 g/mol. The highest BCUT2D eigenvalue weighted by atomic mass is 19.1. The number of hydrogen-bond acceptors (Lipinski definition) is 2. The largest absolute Gasteiger partial charge is 0.285 e. The van der Waals surface area contributed by atoms with E-state index in [1.165, 1.54) is 12.1 Å². The van der Waals surface area contributed by atoms with E-state index in [9.17, 15) is 4.39 Å². The van der Waals surface area contributed by atoms with E-state index in [4.69, 9.17) is 0 Å². The molecule has 0 bridgehead atoms. The molecule has 1 aromatic carbocycles. The second-order valence-corrected chi connectivity index (χ2v) is 3.52. The number of hydrogen-bond donors (Lipinski definition) is 1. The number of aromatic amines is 1. The first-order chi connectivity index (χ1) is 7.83. The van der Waals surface area contributed by atoms with Crippen molar-refractivity contribution >= 4 is 10.9 Å². The number of pyridine rings is 1. The Morgan fingerprint density at radius 3 is 2.88 bits per heavy atom. The Morgan fingerprint density at radius 1 is 1.12 bits per heavy atom. The van der Waals surface area contributed by atoms with Gasteiger partial charge in [-0.3, -0.25) is 5.10 Å². The van der Waals surface area contributed by atoms with Crippen molar-refractivity contribution in [3.05, 3.63) is 48.5 Å². The van der Waals surface area contributed by atoms with Gasteiger partial charge in [0.25, 0.3) is 0 Å². The summed E-state index contributed by atoms with van der Waals surface area (Å²) in [5.41, 5.74) is 2.53. The maximum atomic E-state index is 13.0. The molecule has 4 heteroatoms. The lowest BCUT2D eigenvalue weighted by atomic mass is 10.1. The fourth-order valence-electron chi connectivity index (χ4n) is 1.65. The fraction of sp³-hybridized carbons (Fsp3) is 0. The molecular formula is C12H8FN3. The molecule has 1 N–H and O–H groups in total. The molecule has 0 spiro atoms. The lowest BCUT2D eigenvalue weighted by molar-refractivity contribution is 0.629. The van der Waals surface area contributed by atoms with Gasteiger partial charge in [0.1, 0.15) is 5.82 Å². The van der Waals surface area contributed by atoms with Crippen molar-refractivity contribution in [3.8, 4) is 11.3 Å². The van der Waals surface area contributed by atoms with Crippen LogP contribution in [0.2, 0.25) is 0 Å². The fourth-order valence-corrected chi connectivity index (χ4v) is 1.65. The van der Waals surface area contributed by atoms with Gasteiger partial charge in [-0.1, -0.05) is 6.07 Å². The molecule has 0 atom stereocenters. The molecule has 3 nitrogen and oxygen atoms in total. The van der Waals surface area contributed by atoms with E-state index in [0.29, 0.717) is 0 Å². The van der Waals surface area contributed by atoms with Crippen molar-refractivity contribution in [2.75, 3.05) is 0 Å². The van der Waals surface area contributed by atoms with Crippen molar-refractivity contribution in [3.63, 3.8) is 0 Å². The van der Waals surface area contributed by atoms with Gasteiger partial charge in [0.05, 0.1) is 17.4 Å². The number of nitrogens with one attached hydrogen (secondary N) is 1. The standard InChI is InChI=1S/C12H8FN3/c13-10-2-4-11-8(5-10)1-3-12(16-11)9-6-14-15-7-9/h1-7H,(H,14,15). The van der Waals surface area contributed by atoms with Crippen LogP contribution in [0.1, 0.15) is 0 Å². The molecule has 3 aromatic rings. The third kappa shape index (κ3) is 1.44. The van der Waals surface area contributed by atoms with Gasteiger partial charge >= 0.3 is 0 Å². The maximum absolute atomic E-state index is 13.0. The summed E-state index contributed by atoms with van der Waals surface area (Å²) in [6.07, 6.45) is 3.48. The van der Waals surface area contributed by atoms with Gasteiger partial charge in [0.15, 0.2) is 0 Å². The summed E-state index contributed by atoms with van der Waals surface area (Å²) in [7, 11) is 0. The van der Waals surface area contributed by atoms with Crippen molar-refractivity contribution in [2.24, 2.45) is 0 Å². The molecule has 0 unspecified atom stereocenters. The van der Waals surface area contributed by atoms with Crippen molar-refractivity contribution < 1.29 is 4.39 Å². The highest BCUT2D eigenvalue weighted by molar-refractivity contribution is 5.81. The van der Waals surface area contributed by atoms with Gasteiger partial charge in [-0.05, 0) is 24.3 Å². The SMILES string of the molecule is Fc1ccc2nc(-c3cn[nH]c3)ccc2c1. The van der Waals surface area contributed by atoms with Crippen LogP contribution in [0.25, 0.3) is 22.2 Å². The van der Waals surface area contributed by atoms with Gasteiger partial charge in [0, 0.05) is 17.1 Å². The Hall–Kier alpha value is -2.23. The van der Waals surface area contributed by atoms with Gasteiger partial charge in [-0.2, -0.15) is 5.10 Å². The summed E-state index contributed by atoms with van der Waals surface area (Å²) in [6, 6.07) is 8.27. The predicted octanol–water partition coefficient (Wildman–Crippen LogP) is 2.76. The topological polar surface area (TPSA) is 41.6 Å². The number of rotatable bonds is 1. The lowest BCUT2D eigenvalue weighted by Gasteiger charge is -2.00. The molecule has 0 saturated heterocycles. The van der Waals surface area contributed by atoms with Gasteiger partial charge in [0.2, 0.25) is 0 Å². The summed E-state index contributed by atoms with van der Waals surface area (Å²) < 4.78 is 13.0. The smallest absolute Gasteiger partial charge is 0.123 e. The molecule has 2 aromatic heterocycles. The molecule has 16 heavy (non-hydrogen) atoms. The Balaban J connectivity index is 2.20. The predicted molar refractivity (Wildman–Crippen MR) is 59.3 cm³/mol. The van der Waals surface area contributed by atoms with E-state index in [1.807, 2.05) is 12.1 Å². The highest BCUT2D eigenvalue weighted by Gasteiger charge is 2.02.